The summed E-state index contributed by atoms with van der Waals surface area (Å²) in [6.07, 6.45) is 4.09. The average molecular weight is 471 g/mol. The molecule has 32 heavy (non-hydrogen) atoms. The summed E-state index contributed by atoms with van der Waals surface area (Å²) in [6.45, 7) is 1.13. The van der Waals surface area contributed by atoms with E-state index in [0.29, 0.717) is 46.7 Å². The number of nitrogens with zero attached hydrogens (tertiary/aromatic N) is 2. The summed E-state index contributed by atoms with van der Waals surface area (Å²) in [5, 5.41) is 1.16. The smallest absolute Gasteiger partial charge is 0.222 e. The third-order valence-corrected chi connectivity index (χ3v) is 6.12. The van der Waals surface area contributed by atoms with Crippen LogP contribution in [0.3, 0.4) is 0 Å². The van der Waals surface area contributed by atoms with Crippen LogP contribution in [0.1, 0.15) is 24.8 Å². The Bertz CT molecular complexity index is 1130. The fourth-order valence-corrected chi connectivity index (χ4v) is 4.43. The van der Waals surface area contributed by atoms with Gasteiger partial charge in [0.05, 0.1) is 24.9 Å². The Morgan fingerprint density at radius 2 is 1.78 bits per heavy atom. The zero-order valence-electron chi connectivity index (χ0n) is 18.0. The molecule has 166 valence electrons. The van der Waals surface area contributed by atoms with E-state index < -0.39 is 0 Å². The molecule has 5 nitrogen and oxygen atoms in total. The SMILES string of the molecule is COc1cc(OC)c(-c2cccc(Cl)c2)c(-c2ccc(Cl)cn2)c1CN1CCCCC1=O. The van der Waals surface area contributed by atoms with Gasteiger partial charge in [0.2, 0.25) is 5.91 Å². The van der Waals surface area contributed by atoms with Crippen molar-refractivity contribution in [3.05, 3.63) is 64.3 Å². The highest BCUT2D eigenvalue weighted by molar-refractivity contribution is 6.31. The maximum atomic E-state index is 12.6. The molecule has 0 saturated carbocycles. The lowest BCUT2D eigenvalue weighted by Gasteiger charge is -2.29. The minimum Gasteiger partial charge on any atom is -0.496 e. The summed E-state index contributed by atoms with van der Waals surface area (Å²) in [7, 11) is 3.24. The van der Waals surface area contributed by atoms with E-state index in [4.69, 9.17) is 32.7 Å². The number of halogens is 2. The standard InChI is InChI=1S/C25H24Cl2N2O3/c1-31-21-13-22(32-2)24(16-6-5-7-17(26)12-16)25(20-10-9-18(27)14-28-20)19(21)15-29-11-4-3-8-23(29)30/h5-7,9-10,12-14H,3-4,8,11,15H2,1-2H3. The summed E-state index contributed by atoms with van der Waals surface area (Å²) in [5.41, 5.74) is 4.13. The van der Waals surface area contributed by atoms with Gasteiger partial charge in [0.1, 0.15) is 11.5 Å². The van der Waals surface area contributed by atoms with Crippen molar-refractivity contribution in [1.82, 2.24) is 9.88 Å². The van der Waals surface area contributed by atoms with Crippen molar-refractivity contribution in [2.24, 2.45) is 0 Å². The normalized spacial score (nSPS) is 13.9. The van der Waals surface area contributed by atoms with Crippen molar-refractivity contribution in [1.29, 1.82) is 0 Å². The van der Waals surface area contributed by atoms with Crippen molar-refractivity contribution in [2.45, 2.75) is 25.8 Å². The van der Waals surface area contributed by atoms with Crippen LogP contribution in [0.15, 0.2) is 48.7 Å². The Kier molecular flexibility index (Phi) is 6.87. The van der Waals surface area contributed by atoms with Crippen molar-refractivity contribution >= 4 is 29.1 Å². The molecule has 0 radical (unpaired) electrons. The summed E-state index contributed by atoms with van der Waals surface area (Å²) < 4.78 is 11.5. The molecular weight excluding hydrogens is 447 g/mol. The van der Waals surface area contributed by atoms with E-state index in [1.54, 1.807) is 26.5 Å². The highest BCUT2D eigenvalue weighted by atomic mass is 35.5. The molecule has 1 saturated heterocycles. The molecule has 1 fully saturated rings. The van der Waals surface area contributed by atoms with Gasteiger partial charge >= 0.3 is 0 Å². The predicted octanol–water partition coefficient (Wildman–Crippen LogP) is 6.25. The van der Waals surface area contributed by atoms with Gasteiger partial charge in [-0.3, -0.25) is 9.78 Å². The van der Waals surface area contributed by atoms with Crippen LogP contribution >= 0.6 is 23.2 Å². The Morgan fingerprint density at radius 3 is 2.44 bits per heavy atom. The fraction of sp³-hybridized carbons (Fsp3) is 0.280. The van der Waals surface area contributed by atoms with E-state index in [1.165, 1.54) is 0 Å². The minimum atomic E-state index is 0.147. The number of likely N-dealkylation sites (tertiary alicyclic amines) is 1. The number of hydrogen-bond acceptors (Lipinski definition) is 4. The first-order chi connectivity index (χ1) is 15.5. The van der Waals surface area contributed by atoms with Crippen LogP contribution in [-0.4, -0.2) is 36.6 Å². The van der Waals surface area contributed by atoms with E-state index >= 15 is 0 Å². The van der Waals surface area contributed by atoms with Gasteiger partial charge in [-0.25, -0.2) is 0 Å². The lowest BCUT2D eigenvalue weighted by atomic mass is 9.90. The van der Waals surface area contributed by atoms with E-state index in [2.05, 4.69) is 4.98 Å². The number of pyridine rings is 1. The number of amides is 1. The molecule has 4 rings (SSSR count). The molecule has 0 bridgehead atoms. The van der Waals surface area contributed by atoms with Gasteiger partial charge in [-0.15, -0.1) is 0 Å². The van der Waals surface area contributed by atoms with Gasteiger partial charge in [-0.05, 0) is 42.7 Å². The van der Waals surface area contributed by atoms with Crippen LogP contribution in [0, 0.1) is 0 Å². The number of ether oxygens (including phenoxy) is 2. The van der Waals surface area contributed by atoms with Gasteiger partial charge in [0.25, 0.3) is 0 Å². The second-order valence-corrected chi connectivity index (χ2v) is 8.53. The van der Waals surface area contributed by atoms with Crippen LogP contribution < -0.4 is 9.47 Å². The van der Waals surface area contributed by atoms with Crippen molar-refractivity contribution < 1.29 is 14.3 Å². The number of methoxy groups -OCH3 is 2. The number of carbonyl (C=O) groups excluding carboxylic acids is 1. The molecule has 0 spiro atoms. The van der Waals surface area contributed by atoms with Gasteiger partial charge in [0.15, 0.2) is 0 Å². The Labute approximate surface area is 197 Å². The number of hydrogen-bond donors (Lipinski definition) is 0. The Morgan fingerprint density at radius 1 is 0.969 bits per heavy atom. The molecule has 1 aromatic heterocycles. The van der Waals surface area contributed by atoms with Crippen molar-refractivity contribution in [2.75, 3.05) is 20.8 Å². The fourth-order valence-electron chi connectivity index (χ4n) is 4.13. The molecule has 2 heterocycles. The van der Waals surface area contributed by atoms with Gasteiger partial charge < -0.3 is 14.4 Å². The summed E-state index contributed by atoms with van der Waals surface area (Å²) in [6, 6.07) is 13.1. The minimum absolute atomic E-state index is 0.147. The lowest BCUT2D eigenvalue weighted by molar-refractivity contribution is -0.133. The molecular formula is C25H24Cl2N2O3. The topological polar surface area (TPSA) is 51.7 Å². The second kappa shape index (κ2) is 9.80. The molecule has 1 aliphatic rings. The van der Waals surface area contributed by atoms with Crippen LogP contribution in [-0.2, 0) is 11.3 Å². The molecule has 2 aromatic carbocycles. The number of benzene rings is 2. The van der Waals surface area contributed by atoms with E-state index in [0.717, 1.165) is 35.1 Å². The third kappa shape index (κ3) is 4.54. The highest BCUT2D eigenvalue weighted by Gasteiger charge is 2.27. The quantitative estimate of drug-likeness (QED) is 0.426. The van der Waals surface area contributed by atoms with Crippen LogP contribution in [0.25, 0.3) is 22.4 Å². The zero-order chi connectivity index (χ0) is 22.7. The van der Waals surface area contributed by atoms with Gasteiger partial charge in [-0.2, -0.15) is 0 Å². The van der Waals surface area contributed by atoms with Gasteiger partial charge in [0, 0.05) is 53.5 Å². The lowest BCUT2D eigenvalue weighted by Crippen LogP contribution is -2.35. The first-order valence-electron chi connectivity index (χ1n) is 10.4. The molecule has 1 aliphatic heterocycles. The predicted molar refractivity (Wildman–Crippen MR) is 128 cm³/mol. The Hall–Kier alpha value is -2.76. The molecule has 0 atom stereocenters. The summed E-state index contributed by atoms with van der Waals surface area (Å²) >= 11 is 12.5. The zero-order valence-corrected chi connectivity index (χ0v) is 19.5. The Balaban J connectivity index is 2.01. The molecule has 0 aliphatic carbocycles. The first kappa shape index (κ1) is 22.4. The molecule has 7 heteroatoms. The molecule has 1 amide bonds. The molecule has 3 aromatic rings. The van der Waals surface area contributed by atoms with Crippen molar-refractivity contribution in [3.8, 4) is 33.9 Å². The van der Waals surface area contributed by atoms with Gasteiger partial charge in [-0.1, -0.05) is 35.3 Å². The maximum absolute atomic E-state index is 12.6. The van der Waals surface area contributed by atoms with Crippen LogP contribution in [0.2, 0.25) is 10.0 Å². The average Bonchev–Trinajstić information content (AvgIpc) is 2.80. The van der Waals surface area contributed by atoms with E-state index in [9.17, 15) is 4.79 Å². The maximum Gasteiger partial charge on any atom is 0.222 e. The monoisotopic (exact) mass is 470 g/mol. The number of aromatic nitrogens is 1. The second-order valence-electron chi connectivity index (χ2n) is 7.65. The van der Waals surface area contributed by atoms with E-state index in [-0.39, 0.29) is 5.91 Å². The summed E-state index contributed by atoms with van der Waals surface area (Å²) in [4.78, 5) is 19.1. The first-order valence-corrected chi connectivity index (χ1v) is 11.2. The third-order valence-electron chi connectivity index (χ3n) is 5.66. The molecule has 0 unspecified atom stereocenters. The number of rotatable bonds is 6. The summed E-state index contributed by atoms with van der Waals surface area (Å²) in [5.74, 6) is 1.41. The number of carbonyl (C=O) groups is 1. The van der Waals surface area contributed by atoms with Crippen LogP contribution in [0.4, 0.5) is 0 Å². The van der Waals surface area contributed by atoms with Crippen LogP contribution in [0.5, 0.6) is 11.5 Å². The highest BCUT2D eigenvalue weighted by Crippen LogP contribution is 2.46. The van der Waals surface area contributed by atoms with Crippen molar-refractivity contribution in [3.63, 3.8) is 0 Å². The number of piperidine rings is 1. The molecule has 0 N–H and O–H groups in total. The van der Waals surface area contributed by atoms with E-state index in [1.807, 2.05) is 41.3 Å². The largest absolute Gasteiger partial charge is 0.496 e.